The molecule has 1 aliphatic rings. The quantitative estimate of drug-likeness (QED) is 0.929. The molecule has 0 bridgehead atoms. The van der Waals surface area contributed by atoms with E-state index < -0.39 is 0 Å². The Kier molecular flexibility index (Phi) is 4.01. The number of benzene rings is 1. The summed E-state index contributed by atoms with van der Waals surface area (Å²) >= 11 is 0. The number of aryl methyl sites for hydroxylation is 2. The first-order valence-electron chi connectivity index (χ1n) is 7.63. The molecular weight excluding hydrogens is 253 g/mol. The molecule has 1 aliphatic heterocycles. The molecule has 3 nitrogen and oxygen atoms in total. The number of imidazole rings is 1. The molecule has 1 aromatic carbocycles. The Hall–Kier alpha value is -1.42. The number of hydrogen-bond acceptors (Lipinski definition) is 2. The summed E-state index contributed by atoms with van der Waals surface area (Å²) in [4.78, 5) is 4.63. The average Bonchev–Trinajstić information content (AvgIpc) is 2.82. The molecule has 1 aromatic heterocycles. The summed E-state index contributed by atoms with van der Waals surface area (Å²) in [6.45, 7) is 5.29. The minimum Gasteiger partial charge on any atom is -0.328 e. The zero-order valence-corrected chi connectivity index (χ0v) is 12.0. The van der Waals surface area contributed by atoms with E-state index in [0.717, 1.165) is 48.8 Å². The van der Waals surface area contributed by atoms with E-state index in [1.165, 1.54) is 31.4 Å². The third-order valence-electron chi connectivity index (χ3n) is 4.28. The van der Waals surface area contributed by atoms with E-state index in [0.29, 0.717) is 0 Å². The highest BCUT2D eigenvalue weighted by Gasteiger charge is 2.15. The number of fused-ring (bicyclic) bond motifs is 1. The van der Waals surface area contributed by atoms with E-state index in [2.05, 4.69) is 21.8 Å². The van der Waals surface area contributed by atoms with E-state index >= 15 is 0 Å². The van der Waals surface area contributed by atoms with E-state index in [-0.39, 0.29) is 5.82 Å². The second-order valence-corrected chi connectivity index (χ2v) is 5.66. The van der Waals surface area contributed by atoms with Gasteiger partial charge in [0.05, 0.1) is 11.0 Å². The highest BCUT2D eigenvalue weighted by Crippen LogP contribution is 2.21. The summed E-state index contributed by atoms with van der Waals surface area (Å²) in [5.41, 5.74) is 1.83. The molecule has 2 heterocycles. The monoisotopic (exact) mass is 275 g/mol. The van der Waals surface area contributed by atoms with Crippen LogP contribution in [-0.4, -0.2) is 22.6 Å². The van der Waals surface area contributed by atoms with Crippen LogP contribution < -0.4 is 5.32 Å². The Morgan fingerprint density at radius 3 is 3.10 bits per heavy atom. The molecule has 0 spiro atoms. The molecule has 1 saturated heterocycles. The molecule has 4 heteroatoms. The Balaban J connectivity index is 1.79. The predicted molar refractivity (Wildman–Crippen MR) is 79.3 cm³/mol. The molecule has 0 aliphatic carbocycles. The topological polar surface area (TPSA) is 29.9 Å². The third kappa shape index (κ3) is 2.70. The molecule has 0 amide bonds. The van der Waals surface area contributed by atoms with Crippen LogP contribution in [0.3, 0.4) is 0 Å². The van der Waals surface area contributed by atoms with Crippen molar-refractivity contribution in [2.24, 2.45) is 5.92 Å². The van der Waals surface area contributed by atoms with Crippen LogP contribution in [0.15, 0.2) is 18.2 Å². The van der Waals surface area contributed by atoms with Crippen molar-refractivity contribution in [2.75, 3.05) is 13.1 Å². The first-order valence-corrected chi connectivity index (χ1v) is 7.63. The lowest BCUT2D eigenvalue weighted by molar-refractivity contribution is 0.355. The minimum atomic E-state index is -0.207. The number of nitrogens with zero attached hydrogens (tertiary/aromatic N) is 2. The van der Waals surface area contributed by atoms with Crippen molar-refractivity contribution in [3.05, 3.63) is 29.8 Å². The van der Waals surface area contributed by atoms with Gasteiger partial charge in [0.25, 0.3) is 0 Å². The van der Waals surface area contributed by atoms with Crippen molar-refractivity contribution >= 4 is 11.0 Å². The van der Waals surface area contributed by atoms with Gasteiger partial charge in [0.2, 0.25) is 0 Å². The summed E-state index contributed by atoms with van der Waals surface area (Å²) in [6.07, 6.45) is 4.74. The second kappa shape index (κ2) is 5.92. The SMILES string of the molecule is CCn1c(CCC2CCCNC2)nc2cc(F)ccc21. The van der Waals surface area contributed by atoms with Gasteiger partial charge in [-0.05, 0) is 57.3 Å². The summed E-state index contributed by atoms with van der Waals surface area (Å²) in [5, 5.41) is 3.46. The van der Waals surface area contributed by atoms with Crippen LogP contribution in [0.25, 0.3) is 11.0 Å². The molecule has 1 fully saturated rings. The Morgan fingerprint density at radius 2 is 2.35 bits per heavy atom. The fourth-order valence-electron chi connectivity index (χ4n) is 3.20. The van der Waals surface area contributed by atoms with E-state index in [4.69, 9.17) is 0 Å². The molecule has 0 radical (unpaired) electrons. The molecular formula is C16H22FN3. The lowest BCUT2D eigenvalue weighted by Crippen LogP contribution is -2.30. The molecule has 0 saturated carbocycles. The standard InChI is InChI=1S/C16H22FN3/c1-2-20-15-7-6-13(17)10-14(15)19-16(20)8-5-12-4-3-9-18-11-12/h6-7,10,12,18H,2-5,8-9,11H2,1H3. The Morgan fingerprint density at radius 1 is 1.45 bits per heavy atom. The molecule has 2 aromatic rings. The van der Waals surface area contributed by atoms with Crippen LogP contribution in [0, 0.1) is 11.7 Å². The van der Waals surface area contributed by atoms with E-state index in [1.807, 2.05) is 6.07 Å². The number of nitrogens with one attached hydrogen (secondary N) is 1. The van der Waals surface area contributed by atoms with Gasteiger partial charge in [-0.25, -0.2) is 9.37 Å². The van der Waals surface area contributed by atoms with Crippen molar-refractivity contribution in [3.8, 4) is 0 Å². The molecule has 1 N–H and O–H groups in total. The Bertz CT molecular complexity index is 585. The van der Waals surface area contributed by atoms with Gasteiger partial charge < -0.3 is 9.88 Å². The van der Waals surface area contributed by atoms with Gasteiger partial charge in [0.15, 0.2) is 0 Å². The van der Waals surface area contributed by atoms with Gasteiger partial charge in [-0.1, -0.05) is 0 Å². The van der Waals surface area contributed by atoms with Gasteiger partial charge in [0.1, 0.15) is 11.6 Å². The predicted octanol–water partition coefficient (Wildman–Crippen LogP) is 3.13. The first-order chi connectivity index (χ1) is 9.78. The lowest BCUT2D eigenvalue weighted by Gasteiger charge is -2.22. The summed E-state index contributed by atoms with van der Waals surface area (Å²) < 4.78 is 15.5. The molecule has 20 heavy (non-hydrogen) atoms. The maximum Gasteiger partial charge on any atom is 0.125 e. The van der Waals surface area contributed by atoms with Gasteiger partial charge >= 0.3 is 0 Å². The first kappa shape index (κ1) is 13.6. The van der Waals surface area contributed by atoms with Crippen molar-refractivity contribution < 1.29 is 4.39 Å². The fourth-order valence-corrected chi connectivity index (χ4v) is 3.20. The van der Waals surface area contributed by atoms with Crippen LogP contribution in [0.1, 0.15) is 32.0 Å². The zero-order chi connectivity index (χ0) is 13.9. The van der Waals surface area contributed by atoms with Gasteiger partial charge in [-0.3, -0.25) is 0 Å². The highest BCUT2D eigenvalue weighted by molar-refractivity contribution is 5.76. The number of rotatable bonds is 4. The average molecular weight is 275 g/mol. The van der Waals surface area contributed by atoms with Gasteiger partial charge in [0, 0.05) is 19.0 Å². The third-order valence-corrected chi connectivity index (χ3v) is 4.28. The summed E-state index contributed by atoms with van der Waals surface area (Å²) in [6, 6.07) is 4.89. The van der Waals surface area contributed by atoms with Crippen LogP contribution in [0.2, 0.25) is 0 Å². The van der Waals surface area contributed by atoms with Crippen LogP contribution in [0.5, 0.6) is 0 Å². The fraction of sp³-hybridized carbons (Fsp3) is 0.562. The number of hydrogen-bond donors (Lipinski definition) is 1. The van der Waals surface area contributed by atoms with E-state index in [1.54, 1.807) is 0 Å². The van der Waals surface area contributed by atoms with Gasteiger partial charge in [-0.15, -0.1) is 0 Å². The summed E-state index contributed by atoms with van der Waals surface area (Å²) in [5.74, 6) is 1.64. The molecule has 1 unspecified atom stereocenters. The minimum absolute atomic E-state index is 0.207. The smallest absolute Gasteiger partial charge is 0.125 e. The van der Waals surface area contributed by atoms with Crippen molar-refractivity contribution in [1.29, 1.82) is 0 Å². The van der Waals surface area contributed by atoms with Crippen molar-refractivity contribution in [3.63, 3.8) is 0 Å². The van der Waals surface area contributed by atoms with Crippen LogP contribution in [-0.2, 0) is 13.0 Å². The van der Waals surface area contributed by atoms with Gasteiger partial charge in [-0.2, -0.15) is 0 Å². The Labute approximate surface area is 119 Å². The second-order valence-electron chi connectivity index (χ2n) is 5.66. The molecule has 1 atom stereocenters. The van der Waals surface area contributed by atoms with E-state index in [9.17, 15) is 4.39 Å². The summed E-state index contributed by atoms with van der Waals surface area (Å²) in [7, 11) is 0. The highest BCUT2D eigenvalue weighted by atomic mass is 19.1. The molecule has 3 rings (SSSR count). The number of aromatic nitrogens is 2. The van der Waals surface area contributed by atoms with Crippen molar-refractivity contribution in [1.82, 2.24) is 14.9 Å². The molecule has 108 valence electrons. The van der Waals surface area contributed by atoms with Crippen LogP contribution >= 0.6 is 0 Å². The number of halogens is 1. The maximum absolute atomic E-state index is 13.3. The number of piperidine rings is 1. The zero-order valence-electron chi connectivity index (χ0n) is 12.0. The normalized spacial score (nSPS) is 19.6. The van der Waals surface area contributed by atoms with Crippen molar-refractivity contribution in [2.45, 2.75) is 39.2 Å². The lowest BCUT2D eigenvalue weighted by atomic mass is 9.94. The largest absolute Gasteiger partial charge is 0.328 e. The maximum atomic E-state index is 13.3. The van der Waals surface area contributed by atoms with Crippen LogP contribution in [0.4, 0.5) is 4.39 Å².